The van der Waals surface area contributed by atoms with E-state index in [-0.39, 0.29) is 84.2 Å². The van der Waals surface area contributed by atoms with Crippen molar-refractivity contribution in [1.29, 1.82) is 0 Å². The molecular formula is C56H88B4F16N16Pd2. The van der Waals surface area contributed by atoms with Gasteiger partial charge >= 0.3 is 69.9 Å². The fourth-order valence-electron chi connectivity index (χ4n) is 8.60. The quantitative estimate of drug-likeness (QED) is 0.132. The number of rotatable bonds is 12. The molecule has 0 saturated carbocycles. The van der Waals surface area contributed by atoms with Crippen molar-refractivity contribution in [3.63, 3.8) is 0 Å². The first-order valence-corrected chi connectivity index (χ1v) is 29.5. The summed E-state index contributed by atoms with van der Waals surface area (Å²) < 4.78 is 156. The van der Waals surface area contributed by atoms with Gasteiger partial charge in [0, 0.05) is 89.0 Å². The summed E-state index contributed by atoms with van der Waals surface area (Å²) in [6.45, 7) is 51.2. The van der Waals surface area contributed by atoms with Crippen LogP contribution in [0.2, 0.25) is 0 Å². The normalized spacial score (nSPS) is 21.4. The van der Waals surface area contributed by atoms with Crippen molar-refractivity contribution in [2.24, 2.45) is 125 Å². The molecule has 0 bridgehead atoms. The number of halogens is 16. The van der Waals surface area contributed by atoms with Crippen LogP contribution in [0.15, 0.2) is 81.6 Å². The molecule has 0 aromatic rings. The van der Waals surface area contributed by atoms with Crippen molar-refractivity contribution in [3.8, 4) is 0 Å². The smallest absolute Gasteiger partial charge is 0.418 e. The first kappa shape index (κ1) is 91.2. The summed E-state index contributed by atoms with van der Waals surface area (Å²) in [4.78, 5) is 0. The summed E-state index contributed by atoms with van der Waals surface area (Å²) in [5.41, 5.74) is 18.0. The third kappa shape index (κ3) is 28.3. The molecular weight excluding hydrogens is 1460 g/mol. The van der Waals surface area contributed by atoms with Gasteiger partial charge in [-0.1, -0.05) is 0 Å². The van der Waals surface area contributed by atoms with Crippen molar-refractivity contribution < 1.29 is 110 Å². The zero-order valence-corrected chi connectivity index (χ0v) is 60.9. The average Bonchev–Trinajstić information content (AvgIpc) is 1.66. The molecule has 0 atom stereocenters. The van der Waals surface area contributed by atoms with Gasteiger partial charge in [0.2, 0.25) is 0 Å². The van der Waals surface area contributed by atoms with E-state index in [1.165, 1.54) is 0 Å². The Bertz CT molecular complexity index is 2570. The molecule has 0 fully saturated rings. The molecule has 94 heavy (non-hydrogen) atoms. The maximum atomic E-state index is 9.75. The summed E-state index contributed by atoms with van der Waals surface area (Å²) in [6, 6.07) is 0. The SMILES string of the molecule is CC1=NN=C(CCC2=NN=C(C)C2(C)C)C1(C)C.CC1=NN=C(CCC2=NN=C(C)C2(C)C)C1(C)C.CC1=NN=C(CCC2=NN=C(C)C2(C)C)C1(C)C.CC1=NN=C(CCC2=NN=C(C)C2(C)C)C1(C)C.F[B-](F)(F)F.F[B-](F)(F)F.F[B-](F)(F)F.F[B-](F)(F)F.[Pd+2].[Pd+2]. The molecule has 0 amide bonds. The minimum atomic E-state index is -6.00. The van der Waals surface area contributed by atoms with Crippen molar-refractivity contribution in [1.82, 2.24) is 0 Å². The van der Waals surface area contributed by atoms with E-state index < -0.39 is 29.0 Å². The van der Waals surface area contributed by atoms with Crippen LogP contribution in [0.3, 0.4) is 0 Å². The average molecular weight is 1550 g/mol. The van der Waals surface area contributed by atoms with Crippen LogP contribution < -0.4 is 0 Å². The zero-order valence-electron chi connectivity index (χ0n) is 57.8. The van der Waals surface area contributed by atoms with Crippen molar-refractivity contribution in [3.05, 3.63) is 0 Å². The minimum Gasteiger partial charge on any atom is -0.418 e. The molecule has 0 aromatic carbocycles. The molecule has 0 saturated heterocycles. The molecule has 0 aliphatic carbocycles. The summed E-state index contributed by atoms with van der Waals surface area (Å²) in [5, 5.41) is 68.1. The standard InChI is InChI=1S/4C14H22N4.4BF4.2Pd/c4*1-9-13(3,4)11(17-15-9)7-8-12-14(5,6)10(2)16-18-12;4*2-1(3,4)5;;/h4*7-8H2,1-6H3;;;;;;/q;;;;4*-1;2*+2. The summed E-state index contributed by atoms with van der Waals surface area (Å²) in [7, 11) is -24.0. The number of nitrogens with zero attached hydrogens (tertiary/aromatic N) is 16. The van der Waals surface area contributed by atoms with E-state index in [0.717, 1.165) is 143 Å². The van der Waals surface area contributed by atoms with Crippen LogP contribution in [0.25, 0.3) is 0 Å². The van der Waals surface area contributed by atoms with E-state index in [1.807, 2.05) is 55.4 Å². The van der Waals surface area contributed by atoms with Crippen LogP contribution in [0.1, 0.15) is 218 Å². The molecule has 8 aliphatic rings. The maximum Gasteiger partial charge on any atom is 2.00 e. The van der Waals surface area contributed by atoms with Gasteiger partial charge in [0.05, 0.1) is 45.7 Å². The van der Waals surface area contributed by atoms with Gasteiger partial charge in [0.1, 0.15) is 0 Å². The molecule has 0 aromatic heterocycles. The molecule has 0 radical (unpaired) electrons. The van der Waals surface area contributed by atoms with E-state index in [9.17, 15) is 69.1 Å². The molecule has 16 nitrogen and oxygen atoms in total. The first-order valence-electron chi connectivity index (χ1n) is 29.5. The topological polar surface area (TPSA) is 198 Å². The summed E-state index contributed by atoms with van der Waals surface area (Å²) in [6.07, 6.45) is 7.32. The zero-order chi connectivity index (χ0) is 72.2. The second-order valence-corrected chi connectivity index (χ2v) is 26.8. The maximum absolute atomic E-state index is 9.75. The monoisotopic (exact) mass is 1540 g/mol. The summed E-state index contributed by atoms with van der Waals surface area (Å²) >= 11 is 0. The summed E-state index contributed by atoms with van der Waals surface area (Å²) in [5.74, 6) is 0. The molecule has 0 spiro atoms. The van der Waals surface area contributed by atoms with Gasteiger partial charge in [0.15, 0.2) is 0 Å². The molecule has 8 heterocycles. The second-order valence-electron chi connectivity index (χ2n) is 26.8. The Balaban J connectivity index is 0. The van der Waals surface area contributed by atoms with Crippen LogP contribution in [0, 0.1) is 43.3 Å². The van der Waals surface area contributed by atoms with Crippen LogP contribution in [0.4, 0.5) is 69.1 Å². The van der Waals surface area contributed by atoms with Gasteiger partial charge in [-0.25, -0.2) is 0 Å². The van der Waals surface area contributed by atoms with Crippen molar-refractivity contribution in [2.75, 3.05) is 0 Å². The Morgan fingerprint density at radius 2 is 0.245 bits per heavy atom. The van der Waals surface area contributed by atoms with Gasteiger partial charge in [-0.2, -0.15) is 81.6 Å². The van der Waals surface area contributed by atoms with E-state index in [4.69, 9.17) is 0 Å². The minimum absolute atomic E-state index is 0. The van der Waals surface area contributed by atoms with Crippen molar-refractivity contribution in [2.45, 2.75) is 218 Å². The Kier molecular flexibility index (Phi) is 33.6. The predicted octanol–water partition coefficient (Wildman–Crippen LogP) is 19.1. The van der Waals surface area contributed by atoms with Crippen LogP contribution >= 0.6 is 0 Å². The van der Waals surface area contributed by atoms with E-state index in [0.29, 0.717) is 0 Å². The molecule has 0 N–H and O–H groups in total. The van der Waals surface area contributed by atoms with Gasteiger partial charge < -0.3 is 69.1 Å². The fraction of sp³-hybridized carbons (Fsp3) is 0.714. The van der Waals surface area contributed by atoms with Crippen LogP contribution in [0.5, 0.6) is 0 Å². The van der Waals surface area contributed by atoms with E-state index >= 15 is 0 Å². The van der Waals surface area contributed by atoms with Gasteiger partial charge in [-0.05, 0) is 218 Å². The molecule has 536 valence electrons. The Labute approximate surface area is 570 Å². The van der Waals surface area contributed by atoms with Crippen molar-refractivity contribution >= 4 is 120 Å². The Morgan fingerprint density at radius 1 is 0.181 bits per heavy atom. The van der Waals surface area contributed by atoms with Crippen LogP contribution in [-0.4, -0.2) is 120 Å². The van der Waals surface area contributed by atoms with Gasteiger partial charge in [-0.15, -0.1) is 0 Å². The fourth-order valence-corrected chi connectivity index (χ4v) is 8.60. The van der Waals surface area contributed by atoms with E-state index in [2.05, 4.69) is 192 Å². The number of hydrogen-bond acceptors (Lipinski definition) is 16. The van der Waals surface area contributed by atoms with E-state index in [1.54, 1.807) is 0 Å². The third-order valence-electron chi connectivity index (χ3n) is 18.0. The molecule has 0 unspecified atom stereocenters. The van der Waals surface area contributed by atoms with Gasteiger partial charge in [-0.3, -0.25) is 0 Å². The Morgan fingerprint density at radius 3 is 0.287 bits per heavy atom. The first-order chi connectivity index (χ1) is 41.0. The Hall–Kier alpha value is -4.82. The molecule has 8 aliphatic heterocycles. The van der Waals surface area contributed by atoms with Crippen LogP contribution in [-0.2, 0) is 40.8 Å². The van der Waals surface area contributed by atoms with Gasteiger partial charge in [0.25, 0.3) is 0 Å². The number of hydrogen-bond donors (Lipinski definition) is 0. The molecule has 38 heteroatoms. The second kappa shape index (κ2) is 34.6. The molecule has 8 rings (SSSR count). The predicted molar refractivity (Wildman–Crippen MR) is 352 cm³/mol. The third-order valence-corrected chi connectivity index (χ3v) is 18.0. The largest absolute Gasteiger partial charge is 2.00 e.